The smallest absolute Gasteiger partial charge is 0.318 e. The van der Waals surface area contributed by atoms with Crippen LogP contribution in [-0.4, -0.2) is 27.3 Å². The van der Waals surface area contributed by atoms with Gasteiger partial charge < -0.3 is 10.2 Å². The standard InChI is InChI=1S/C17H24N4OS/c1-5-15-13-7-9-23-16(13)6-8-21(15)17(22)18-11(2)14-10-20(4)19-12(14)3/h7,9-11,15H,5-6,8H2,1-4H3,(H,18,22). The number of fused-ring (bicyclic) bond motifs is 1. The third-order valence-corrected chi connectivity index (χ3v) is 5.60. The Labute approximate surface area is 141 Å². The number of hydrogen-bond donors (Lipinski definition) is 1. The molecule has 1 aliphatic heterocycles. The normalized spacial score (nSPS) is 18.6. The van der Waals surface area contributed by atoms with E-state index in [0.717, 1.165) is 30.6 Å². The van der Waals surface area contributed by atoms with E-state index in [1.165, 1.54) is 10.4 Å². The summed E-state index contributed by atoms with van der Waals surface area (Å²) < 4.78 is 1.79. The van der Waals surface area contributed by atoms with Gasteiger partial charge in [-0.25, -0.2) is 4.79 Å². The molecule has 0 radical (unpaired) electrons. The lowest BCUT2D eigenvalue weighted by molar-refractivity contribution is 0.165. The van der Waals surface area contributed by atoms with E-state index in [2.05, 4.69) is 28.8 Å². The van der Waals surface area contributed by atoms with Gasteiger partial charge >= 0.3 is 6.03 Å². The van der Waals surface area contributed by atoms with Crippen LogP contribution >= 0.6 is 11.3 Å². The molecular weight excluding hydrogens is 308 g/mol. The minimum Gasteiger partial charge on any atom is -0.331 e. The van der Waals surface area contributed by atoms with Crippen molar-refractivity contribution in [2.24, 2.45) is 7.05 Å². The van der Waals surface area contributed by atoms with Gasteiger partial charge in [-0.15, -0.1) is 11.3 Å². The Balaban J connectivity index is 1.74. The van der Waals surface area contributed by atoms with Gasteiger partial charge in [0.2, 0.25) is 0 Å². The van der Waals surface area contributed by atoms with Crippen molar-refractivity contribution >= 4 is 17.4 Å². The maximum absolute atomic E-state index is 12.8. The van der Waals surface area contributed by atoms with Crippen LogP contribution in [0.3, 0.4) is 0 Å². The highest BCUT2D eigenvalue weighted by Crippen LogP contribution is 2.35. The van der Waals surface area contributed by atoms with Crippen LogP contribution in [0.4, 0.5) is 4.79 Å². The second kappa shape index (κ2) is 6.35. The molecule has 2 atom stereocenters. The number of rotatable bonds is 3. The third kappa shape index (κ3) is 3.00. The fourth-order valence-electron chi connectivity index (χ4n) is 3.47. The number of nitrogens with zero attached hydrogens (tertiary/aromatic N) is 3. The van der Waals surface area contributed by atoms with E-state index in [9.17, 15) is 4.79 Å². The summed E-state index contributed by atoms with van der Waals surface area (Å²) in [4.78, 5) is 16.2. The van der Waals surface area contributed by atoms with Crippen LogP contribution in [0.15, 0.2) is 17.6 Å². The van der Waals surface area contributed by atoms with Crippen molar-refractivity contribution in [3.8, 4) is 0 Å². The van der Waals surface area contributed by atoms with Gasteiger partial charge in [-0.05, 0) is 43.7 Å². The second-order valence-corrected chi connectivity index (χ2v) is 7.18. The van der Waals surface area contributed by atoms with Crippen molar-refractivity contribution < 1.29 is 4.79 Å². The first-order valence-electron chi connectivity index (χ1n) is 8.14. The lowest BCUT2D eigenvalue weighted by atomic mass is 9.98. The van der Waals surface area contributed by atoms with Gasteiger partial charge in [-0.1, -0.05) is 6.92 Å². The Morgan fingerprint density at radius 3 is 3.00 bits per heavy atom. The predicted octanol–water partition coefficient (Wildman–Crippen LogP) is 3.57. The van der Waals surface area contributed by atoms with Crippen LogP contribution in [0.2, 0.25) is 0 Å². The molecule has 2 aromatic rings. The topological polar surface area (TPSA) is 50.2 Å². The molecule has 0 fully saturated rings. The van der Waals surface area contributed by atoms with Crippen molar-refractivity contribution in [2.75, 3.05) is 6.54 Å². The summed E-state index contributed by atoms with van der Waals surface area (Å²) in [6.07, 6.45) is 3.87. The fraction of sp³-hybridized carbons (Fsp3) is 0.529. The van der Waals surface area contributed by atoms with Crippen molar-refractivity contribution in [3.63, 3.8) is 0 Å². The first kappa shape index (κ1) is 16.1. The SMILES string of the molecule is CCC1c2ccsc2CCN1C(=O)NC(C)c1cn(C)nc1C. The van der Waals surface area contributed by atoms with Gasteiger partial charge in [0.15, 0.2) is 0 Å². The van der Waals surface area contributed by atoms with Gasteiger partial charge in [-0.3, -0.25) is 4.68 Å². The largest absolute Gasteiger partial charge is 0.331 e. The van der Waals surface area contributed by atoms with Gasteiger partial charge in [-0.2, -0.15) is 5.10 Å². The van der Waals surface area contributed by atoms with Crippen molar-refractivity contribution in [3.05, 3.63) is 39.3 Å². The van der Waals surface area contributed by atoms with Crippen LogP contribution in [0, 0.1) is 6.92 Å². The lowest BCUT2D eigenvalue weighted by Crippen LogP contribution is -2.45. The maximum atomic E-state index is 12.8. The molecule has 3 rings (SSSR count). The number of aryl methyl sites for hydroxylation is 2. The monoisotopic (exact) mass is 332 g/mol. The van der Waals surface area contributed by atoms with Crippen LogP contribution in [-0.2, 0) is 13.5 Å². The molecule has 0 bridgehead atoms. The van der Waals surface area contributed by atoms with Crippen LogP contribution in [0.25, 0.3) is 0 Å². The van der Waals surface area contributed by atoms with E-state index in [-0.39, 0.29) is 18.1 Å². The number of thiophene rings is 1. The molecule has 2 aromatic heterocycles. The Morgan fingerprint density at radius 1 is 1.57 bits per heavy atom. The van der Waals surface area contributed by atoms with Crippen molar-refractivity contribution in [1.82, 2.24) is 20.0 Å². The molecule has 23 heavy (non-hydrogen) atoms. The minimum absolute atomic E-state index is 0.0180. The summed E-state index contributed by atoms with van der Waals surface area (Å²) in [5.74, 6) is 0. The zero-order valence-electron chi connectivity index (χ0n) is 14.2. The Kier molecular flexibility index (Phi) is 4.43. The highest BCUT2D eigenvalue weighted by molar-refractivity contribution is 7.10. The number of carbonyl (C=O) groups is 1. The highest BCUT2D eigenvalue weighted by Gasteiger charge is 2.31. The summed E-state index contributed by atoms with van der Waals surface area (Å²) >= 11 is 1.80. The Hall–Kier alpha value is -1.82. The number of aromatic nitrogens is 2. The molecule has 0 saturated heterocycles. The molecule has 0 aromatic carbocycles. The molecule has 1 aliphatic rings. The number of carbonyl (C=O) groups excluding carboxylic acids is 1. The molecule has 5 nitrogen and oxygen atoms in total. The first-order valence-corrected chi connectivity index (χ1v) is 9.02. The average molecular weight is 332 g/mol. The average Bonchev–Trinajstić information content (AvgIpc) is 3.11. The van der Waals surface area contributed by atoms with Crippen LogP contribution in [0.5, 0.6) is 0 Å². The lowest BCUT2D eigenvalue weighted by Gasteiger charge is -2.36. The molecule has 0 aliphatic carbocycles. The third-order valence-electron chi connectivity index (χ3n) is 4.60. The summed E-state index contributed by atoms with van der Waals surface area (Å²) in [5.41, 5.74) is 3.36. The quantitative estimate of drug-likeness (QED) is 0.934. The number of hydrogen-bond acceptors (Lipinski definition) is 3. The van der Waals surface area contributed by atoms with Crippen molar-refractivity contribution in [1.29, 1.82) is 0 Å². The van der Waals surface area contributed by atoms with E-state index < -0.39 is 0 Å². The molecule has 6 heteroatoms. The zero-order valence-corrected chi connectivity index (χ0v) is 15.0. The minimum atomic E-state index is -0.0439. The number of amides is 2. The molecule has 0 saturated carbocycles. The van der Waals surface area contributed by atoms with Crippen molar-refractivity contribution in [2.45, 2.75) is 45.7 Å². The zero-order chi connectivity index (χ0) is 16.6. The van der Waals surface area contributed by atoms with E-state index in [1.807, 2.05) is 32.0 Å². The highest BCUT2D eigenvalue weighted by atomic mass is 32.1. The van der Waals surface area contributed by atoms with Crippen LogP contribution in [0.1, 0.15) is 54.0 Å². The maximum Gasteiger partial charge on any atom is 0.318 e. The number of nitrogens with one attached hydrogen (secondary N) is 1. The molecule has 2 amide bonds. The summed E-state index contributed by atoms with van der Waals surface area (Å²) in [6.45, 7) is 6.93. The molecule has 2 unspecified atom stereocenters. The summed E-state index contributed by atoms with van der Waals surface area (Å²) in [7, 11) is 1.90. The van der Waals surface area contributed by atoms with Crippen LogP contribution < -0.4 is 5.32 Å². The Morgan fingerprint density at radius 2 is 2.35 bits per heavy atom. The van der Waals surface area contributed by atoms with E-state index >= 15 is 0 Å². The fourth-order valence-corrected chi connectivity index (χ4v) is 4.40. The first-order chi connectivity index (χ1) is 11.0. The van der Waals surface area contributed by atoms with Gasteiger partial charge in [0.05, 0.1) is 17.8 Å². The van der Waals surface area contributed by atoms with E-state index in [4.69, 9.17) is 0 Å². The predicted molar refractivity (Wildman–Crippen MR) is 92.7 cm³/mol. The molecule has 3 heterocycles. The molecule has 124 valence electrons. The molecule has 1 N–H and O–H groups in total. The molecular formula is C17H24N4OS. The second-order valence-electron chi connectivity index (χ2n) is 6.18. The van der Waals surface area contributed by atoms with Gasteiger partial charge in [0.1, 0.15) is 0 Å². The van der Waals surface area contributed by atoms with E-state index in [1.54, 1.807) is 16.0 Å². The Bertz CT molecular complexity index is 705. The summed E-state index contributed by atoms with van der Waals surface area (Å²) in [5, 5.41) is 9.64. The van der Waals surface area contributed by atoms with E-state index in [0.29, 0.717) is 0 Å². The summed E-state index contributed by atoms with van der Waals surface area (Å²) in [6, 6.07) is 2.33. The number of urea groups is 1. The van der Waals surface area contributed by atoms with Gasteiger partial charge in [0, 0.05) is 30.2 Å². The van der Waals surface area contributed by atoms with Gasteiger partial charge in [0.25, 0.3) is 0 Å². The molecule has 0 spiro atoms.